The standard InChI is InChI=1S/C21H20ClN3O2/c1-3-25(17-7-5-4-6-8-17)21(26)19-11-9-16(14-23-19)24-15-10-12-20(27-2)18(22)13-15/h4-14,24H,3H2,1-2H3. The van der Waals surface area contributed by atoms with E-state index in [4.69, 9.17) is 16.3 Å². The molecule has 3 rings (SSSR count). The summed E-state index contributed by atoms with van der Waals surface area (Å²) in [6.07, 6.45) is 1.63. The van der Waals surface area contributed by atoms with Crippen molar-refractivity contribution >= 4 is 34.6 Å². The molecule has 1 N–H and O–H groups in total. The molecule has 0 spiro atoms. The number of nitrogens with one attached hydrogen (secondary N) is 1. The van der Waals surface area contributed by atoms with Crippen molar-refractivity contribution in [3.63, 3.8) is 0 Å². The number of nitrogens with zero attached hydrogens (tertiary/aromatic N) is 2. The Morgan fingerprint density at radius 3 is 2.44 bits per heavy atom. The summed E-state index contributed by atoms with van der Waals surface area (Å²) in [5.74, 6) is 0.476. The number of benzene rings is 2. The lowest BCUT2D eigenvalue weighted by atomic mass is 10.2. The molecule has 138 valence electrons. The van der Waals surface area contributed by atoms with E-state index in [9.17, 15) is 4.79 Å². The summed E-state index contributed by atoms with van der Waals surface area (Å²) >= 11 is 6.14. The normalized spacial score (nSPS) is 10.3. The first kappa shape index (κ1) is 18.7. The molecule has 1 amide bonds. The summed E-state index contributed by atoms with van der Waals surface area (Å²) in [5, 5.41) is 3.73. The van der Waals surface area contributed by atoms with Crippen LogP contribution in [0.15, 0.2) is 66.9 Å². The van der Waals surface area contributed by atoms with Crippen LogP contribution in [0.5, 0.6) is 5.75 Å². The SMILES string of the molecule is CCN(C(=O)c1ccc(Nc2ccc(OC)c(Cl)c2)cn1)c1ccccc1. The number of anilines is 3. The minimum atomic E-state index is -0.136. The van der Waals surface area contributed by atoms with E-state index >= 15 is 0 Å². The lowest BCUT2D eigenvalue weighted by Crippen LogP contribution is -2.31. The molecule has 0 radical (unpaired) electrons. The molecule has 5 nitrogen and oxygen atoms in total. The molecule has 1 heterocycles. The maximum Gasteiger partial charge on any atom is 0.276 e. The Hall–Kier alpha value is -3.05. The monoisotopic (exact) mass is 381 g/mol. The highest BCUT2D eigenvalue weighted by molar-refractivity contribution is 6.32. The smallest absolute Gasteiger partial charge is 0.276 e. The second kappa shape index (κ2) is 8.56. The van der Waals surface area contributed by atoms with Gasteiger partial charge < -0.3 is 15.0 Å². The summed E-state index contributed by atoms with van der Waals surface area (Å²) in [4.78, 5) is 18.8. The first-order valence-electron chi connectivity index (χ1n) is 8.56. The van der Waals surface area contributed by atoms with Crippen LogP contribution >= 0.6 is 11.6 Å². The van der Waals surface area contributed by atoms with E-state index in [0.717, 1.165) is 17.1 Å². The second-order valence-electron chi connectivity index (χ2n) is 5.79. The number of methoxy groups -OCH3 is 1. The van der Waals surface area contributed by atoms with Gasteiger partial charge in [-0.25, -0.2) is 4.98 Å². The minimum Gasteiger partial charge on any atom is -0.495 e. The fraction of sp³-hybridized carbons (Fsp3) is 0.143. The number of pyridine rings is 1. The number of halogens is 1. The van der Waals surface area contributed by atoms with Crippen LogP contribution in [0.4, 0.5) is 17.1 Å². The van der Waals surface area contributed by atoms with Crippen LogP contribution in [-0.2, 0) is 0 Å². The molecular formula is C21H20ClN3O2. The Morgan fingerprint density at radius 2 is 1.85 bits per heavy atom. The average Bonchev–Trinajstić information content (AvgIpc) is 2.70. The Balaban J connectivity index is 1.74. The molecule has 0 aliphatic rings. The molecule has 0 unspecified atom stereocenters. The molecule has 0 aliphatic heterocycles. The third-order valence-corrected chi connectivity index (χ3v) is 4.35. The number of hydrogen-bond acceptors (Lipinski definition) is 4. The van der Waals surface area contributed by atoms with Gasteiger partial charge in [0.2, 0.25) is 0 Å². The van der Waals surface area contributed by atoms with Gasteiger partial charge in [-0.3, -0.25) is 4.79 Å². The van der Waals surface area contributed by atoms with E-state index in [1.54, 1.807) is 36.4 Å². The van der Waals surface area contributed by atoms with Crippen molar-refractivity contribution < 1.29 is 9.53 Å². The fourth-order valence-corrected chi connectivity index (χ4v) is 2.95. The molecule has 0 saturated heterocycles. The highest BCUT2D eigenvalue weighted by Gasteiger charge is 2.17. The highest BCUT2D eigenvalue weighted by Crippen LogP contribution is 2.28. The summed E-state index contributed by atoms with van der Waals surface area (Å²) < 4.78 is 5.15. The molecule has 0 bridgehead atoms. The van der Waals surface area contributed by atoms with Gasteiger partial charge in [-0.05, 0) is 49.4 Å². The maximum atomic E-state index is 12.8. The van der Waals surface area contributed by atoms with Gasteiger partial charge in [-0.1, -0.05) is 29.8 Å². The summed E-state index contributed by atoms with van der Waals surface area (Å²) in [6.45, 7) is 2.50. The molecule has 3 aromatic rings. The molecule has 0 atom stereocenters. The van der Waals surface area contributed by atoms with Crippen LogP contribution < -0.4 is 15.0 Å². The van der Waals surface area contributed by atoms with Crippen molar-refractivity contribution in [3.8, 4) is 5.75 Å². The van der Waals surface area contributed by atoms with Crippen molar-refractivity contribution in [2.75, 3.05) is 23.9 Å². The van der Waals surface area contributed by atoms with Crippen molar-refractivity contribution in [3.05, 3.63) is 77.6 Å². The zero-order chi connectivity index (χ0) is 19.2. The predicted octanol–water partition coefficient (Wildman–Crippen LogP) is 5.15. The Bertz CT molecular complexity index is 914. The predicted molar refractivity (Wildman–Crippen MR) is 109 cm³/mol. The second-order valence-corrected chi connectivity index (χ2v) is 6.20. The number of ether oxygens (including phenoxy) is 1. The molecule has 27 heavy (non-hydrogen) atoms. The van der Waals surface area contributed by atoms with Gasteiger partial charge in [0.15, 0.2) is 0 Å². The molecule has 6 heteroatoms. The van der Waals surface area contributed by atoms with Crippen molar-refractivity contribution in [1.82, 2.24) is 4.98 Å². The van der Waals surface area contributed by atoms with Crippen LogP contribution in [0.2, 0.25) is 5.02 Å². The minimum absolute atomic E-state index is 0.136. The van der Waals surface area contributed by atoms with E-state index < -0.39 is 0 Å². The van der Waals surface area contributed by atoms with Crippen molar-refractivity contribution in [1.29, 1.82) is 0 Å². The number of aromatic nitrogens is 1. The van der Waals surface area contributed by atoms with Crippen LogP contribution in [0.1, 0.15) is 17.4 Å². The molecule has 0 saturated carbocycles. The first-order chi connectivity index (χ1) is 13.1. The molecule has 0 aliphatic carbocycles. The van der Waals surface area contributed by atoms with Gasteiger partial charge in [-0.2, -0.15) is 0 Å². The summed E-state index contributed by atoms with van der Waals surface area (Å²) in [7, 11) is 1.57. The zero-order valence-electron chi connectivity index (χ0n) is 15.1. The van der Waals surface area contributed by atoms with E-state index in [1.807, 2.05) is 49.4 Å². The molecule has 2 aromatic carbocycles. The van der Waals surface area contributed by atoms with Gasteiger partial charge in [-0.15, -0.1) is 0 Å². The molecule has 0 fully saturated rings. The van der Waals surface area contributed by atoms with Gasteiger partial charge in [0.05, 0.1) is 24.0 Å². The summed E-state index contributed by atoms with van der Waals surface area (Å²) in [6, 6.07) is 18.5. The maximum absolute atomic E-state index is 12.8. The first-order valence-corrected chi connectivity index (χ1v) is 8.93. The Morgan fingerprint density at radius 1 is 1.11 bits per heavy atom. The number of para-hydroxylation sites is 1. The highest BCUT2D eigenvalue weighted by atomic mass is 35.5. The van der Waals surface area contributed by atoms with Crippen LogP contribution in [-0.4, -0.2) is 24.5 Å². The average molecular weight is 382 g/mol. The quantitative estimate of drug-likeness (QED) is 0.641. The van der Waals surface area contributed by atoms with Crippen molar-refractivity contribution in [2.45, 2.75) is 6.92 Å². The van der Waals surface area contributed by atoms with Crippen LogP contribution in [0, 0.1) is 0 Å². The van der Waals surface area contributed by atoms with E-state index in [-0.39, 0.29) is 5.91 Å². The van der Waals surface area contributed by atoms with Crippen LogP contribution in [0.25, 0.3) is 0 Å². The van der Waals surface area contributed by atoms with Crippen molar-refractivity contribution in [2.24, 2.45) is 0 Å². The lowest BCUT2D eigenvalue weighted by Gasteiger charge is -2.20. The van der Waals surface area contributed by atoms with Gasteiger partial charge >= 0.3 is 0 Å². The summed E-state index contributed by atoms with van der Waals surface area (Å²) in [5.41, 5.74) is 2.80. The third-order valence-electron chi connectivity index (χ3n) is 4.05. The van der Waals surface area contributed by atoms with E-state index in [0.29, 0.717) is 23.0 Å². The van der Waals surface area contributed by atoms with Gasteiger partial charge in [0, 0.05) is 17.9 Å². The lowest BCUT2D eigenvalue weighted by molar-refractivity contribution is 0.0983. The van der Waals surface area contributed by atoms with Gasteiger partial charge in [0.1, 0.15) is 11.4 Å². The molecular weight excluding hydrogens is 362 g/mol. The van der Waals surface area contributed by atoms with E-state index in [1.165, 1.54) is 0 Å². The van der Waals surface area contributed by atoms with Crippen LogP contribution in [0.3, 0.4) is 0 Å². The Labute approximate surface area is 163 Å². The number of amides is 1. The van der Waals surface area contributed by atoms with Gasteiger partial charge in [0.25, 0.3) is 5.91 Å². The number of carbonyl (C=O) groups is 1. The third kappa shape index (κ3) is 4.38. The molecule has 1 aromatic heterocycles. The largest absolute Gasteiger partial charge is 0.495 e. The Kier molecular flexibility index (Phi) is 5.94. The zero-order valence-corrected chi connectivity index (χ0v) is 15.9. The topological polar surface area (TPSA) is 54.5 Å². The number of rotatable bonds is 6. The number of carbonyl (C=O) groups excluding carboxylic acids is 1. The van der Waals surface area contributed by atoms with E-state index in [2.05, 4.69) is 10.3 Å². The fourth-order valence-electron chi connectivity index (χ4n) is 2.69. The number of hydrogen-bond donors (Lipinski definition) is 1.